The Bertz CT molecular complexity index is 496. The van der Waals surface area contributed by atoms with E-state index in [4.69, 9.17) is 9.15 Å². The molecular weight excluding hydrogens is 254 g/mol. The van der Waals surface area contributed by atoms with Crippen LogP contribution in [-0.4, -0.2) is 18.3 Å². The van der Waals surface area contributed by atoms with Gasteiger partial charge in [0.1, 0.15) is 11.5 Å². The molecule has 0 spiro atoms. The zero-order valence-electron chi connectivity index (χ0n) is 11.7. The van der Waals surface area contributed by atoms with E-state index in [1.807, 2.05) is 36.4 Å². The number of hydrogen-bond acceptors (Lipinski definition) is 4. The summed E-state index contributed by atoms with van der Waals surface area (Å²) in [5.41, 5.74) is 1.11. The molecule has 0 aliphatic heterocycles. The molecule has 1 unspecified atom stereocenters. The van der Waals surface area contributed by atoms with Crippen molar-refractivity contribution < 1.29 is 14.3 Å². The maximum atomic E-state index is 9.40. The van der Waals surface area contributed by atoms with E-state index in [1.165, 1.54) is 0 Å². The first-order valence-electron chi connectivity index (χ1n) is 6.93. The van der Waals surface area contributed by atoms with Crippen LogP contribution in [-0.2, 0) is 6.54 Å². The van der Waals surface area contributed by atoms with Crippen LogP contribution in [0.4, 0.5) is 0 Å². The summed E-state index contributed by atoms with van der Waals surface area (Å²) in [6.07, 6.45) is 2.60. The van der Waals surface area contributed by atoms with Crippen LogP contribution in [0.2, 0.25) is 0 Å². The lowest BCUT2D eigenvalue weighted by molar-refractivity contribution is 0.225. The number of aliphatic hydroxyl groups is 1. The molecule has 108 valence electrons. The SMILES string of the molecule is CCCOc1cccc(CNC(CO)c2ccco2)c1. The van der Waals surface area contributed by atoms with E-state index < -0.39 is 0 Å². The van der Waals surface area contributed by atoms with Crippen molar-refractivity contribution in [3.8, 4) is 5.75 Å². The third-order valence-corrected chi connectivity index (χ3v) is 2.99. The molecule has 0 saturated carbocycles. The van der Waals surface area contributed by atoms with Crippen LogP contribution < -0.4 is 10.1 Å². The Morgan fingerprint density at radius 1 is 1.30 bits per heavy atom. The van der Waals surface area contributed by atoms with Gasteiger partial charge in [-0.05, 0) is 36.2 Å². The van der Waals surface area contributed by atoms with Gasteiger partial charge in [-0.3, -0.25) is 0 Å². The van der Waals surface area contributed by atoms with Gasteiger partial charge in [0.25, 0.3) is 0 Å². The maximum absolute atomic E-state index is 9.40. The normalized spacial score (nSPS) is 12.3. The van der Waals surface area contributed by atoms with Gasteiger partial charge < -0.3 is 19.6 Å². The van der Waals surface area contributed by atoms with Gasteiger partial charge in [0.05, 0.1) is 25.5 Å². The van der Waals surface area contributed by atoms with E-state index in [2.05, 4.69) is 12.2 Å². The number of aliphatic hydroxyl groups excluding tert-OH is 1. The van der Waals surface area contributed by atoms with Gasteiger partial charge in [0.2, 0.25) is 0 Å². The molecule has 1 atom stereocenters. The summed E-state index contributed by atoms with van der Waals surface area (Å²) in [6.45, 7) is 3.46. The molecule has 1 aromatic carbocycles. The monoisotopic (exact) mass is 275 g/mol. The third-order valence-electron chi connectivity index (χ3n) is 2.99. The van der Waals surface area contributed by atoms with Gasteiger partial charge in [0.15, 0.2) is 0 Å². The predicted octanol–water partition coefficient (Wildman–Crippen LogP) is 2.89. The molecule has 0 amide bonds. The fraction of sp³-hybridized carbons (Fsp3) is 0.375. The molecule has 1 heterocycles. The maximum Gasteiger partial charge on any atom is 0.123 e. The summed E-state index contributed by atoms with van der Waals surface area (Å²) in [4.78, 5) is 0. The molecule has 4 heteroatoms. The molecule has 0 bridgehead atoms. The van der Waals surface area contributed by atoms with Gasteiger partial charge >= 0.3 is 0 Å². The quantitative estimate of drug-likeness (QED) is 0.778. The van der Waals surface area contributed by atoms with E-state index in [1.54, 1.807) is 6.26 Å². The Morgan fingerprint density at radius 3 is 2.90 bits per heavy atom. The van der Waals surface area contributed by atoms with Crippen molar-refractivity contribution in [3.63, 3.8) is 0 Å². The van der Waals surface area contributed by atoms with Crippen LogP contribution in [0.3, 0.4) is 0 Å². The minimum Gasteiger partial charge on any atom is -0.494 e. The minimum atomic E-state index is -0.190. The van der Waals surface area contributed by atoms with E-state index >= 15 is 0 Å². The van der Waals surface area contributed by atoms with Crippen LogP contribution in [0.1, 0.15) is 30.7 Å². The molecule has 0 radical (unpaired) electrons. The highest BCUT2D eigenvalue weighted by molar-refractivity contribution is 5.28. The smallest absolute Gasteiger partial charge is 0.123 e. The van der Waals surface area contributed by atoms with E-state index in [9.17, 15) is 5.11 Å². The highest BCUT2D eigenvalue weighted by Gasteiger charge is 2.12. The molecule has 1 aromatic heterocycles. The average molecular weight is 275 g/mol. The van der Waals surface area contributed by atoms with Gasteiger partial charge in [-0.15, -0.1) is 0 Å². The number of nitrogens with one attached hydrogen (secondary N) is 1. The van der Waals surface area contributed by atoms with Crippen molar-refractivity contribution >= 4 is 0 Å². The lowest BCUT2D eigenvalue weighted by atomic mass is 10.2. The van der Waals surface area contributed by atoms with E-state index in [0.717, 1.165) is 30.1 Å². The molecule has 4 nitrogen and oxygen atoms in total. The zero-order valence-corrected chi connectivity index (χ0v) is 11.7. The molecule has 0 saturated heterocycles. The average Bonchev–Trinajstić information content (AvgIpc) is 3.00. The molecule has 2 aromatic rings. The highest BCUT2D eigenvalue weighted by atomic mass is 16.5. The Balaban J connectivity index is 1.92. The number of rotatable bonds is 8. The standard InChI is InChI=1S/C16H21NO3/c1-2-8-19-14-6-3-5-13(10-14)11-17-15(12-18)16-7-4-9-20-16/h3-7,9-10,15,17-18H,2,8,11-12H2,1H3. The topological polar surface area (TPSA) is 54.6 Å². The van der Waals surface area contributed by atoms with Crippen molar-refractivity contribution in [2.75, 3.05) is 13.2 Å². The molecule has 2 rings (SSSR count). The third kappa shape index (κ3) is 4.11. The van der Waals surface area contributed by atoms with Crippen molar-refractivity contribution in [1.29, 1.82) is 0 Å². The first-order valence-corrected chi connectivity index (χ1v) is 6.93. The van der Waals surface area contributed by atoms with Crippen LogP contribution in [0.25, 0.3) is 0 Å². The van der Waals surface area contributed by atoms with Crippen molar-refractivity contribution in [1.82, 2.24) is 5.32 Å². The molecule has 0 aliphatic carbocycles. The summed E-state index contributed by atoms with van der Waals surface area (Å²) in [5.74, 6) is 1.62. The van der Waals surface area contributed by atoms with E-state index in [0.29, 0.717) is 6.54 Å². The molecule has 2 N–H and O–H groups in total. The second kappa shape index (κ2) is 7.72. The Hall–Kier alpha value is -1.78. The number of furan rings is 1. The molecule has 20 heavy (non-hydrogen) atoms. The second-order valence-electron chi connectivity index (χ2n) is 4.63. The van der Waals surface area contributed by atoms with Crippen LogP contribution >= 0.6 is 0 Å². The fourth-order valence-corrected chi connectivity index (χ4v) is 1.95. The number of ether oxygens (including phenoxy) is 1. The number of benzene rings is 1. The predicted molar refractivity (Wildman–Crippen MR) is 77.6 cm³/mol. The molecule has 0 fully saturated rings. The van der Waals surface area contributed by atoms with Crippen LogP contribution in [0.5, 0.6) is 5.75 Å². The first-order chi connectivity index (χ1) is 9.83. The zero-order chi connectivity index (χ0) is 14.2. The second-order valence-corrected chi connectivity index (χ2v) is 4.63. The Labute approximate surface area is 119 Å². The van der Waals surface area contributed by atoms with E-state index in [-0.39, 0.29) is 12.6 Å². The summed E-state index contributed by atoms with van der Waals surface area (Å²) < 4.78 is 10.9. The lowest BCUT2D eigenvalue weighted by Gasteiger charge is -2.14. The van der Waals surface area contributed by atoms with Gasteiger partial charge in [-0.2, -0.15) is 0 Å². The van der Waals surface area contributed by atoms with Crippen molar-refractivity contribution in [3.05, 3.63) is 54.0 Å². The fourth-order valence-electron chi connectivity index (χ4n) is 1.95. The van der Waals surface area contributed by atoms with Gasteiger partial charge in [-0.1, -0.05) is 19.1 Å². The summed E-state index contributed by atoms with van der Waals surface area (Å²) in [5, 5.41) is 12.7. The minimum absolute atomic E-state index is 0.000458. The number of hydrogen-bond donors (Lipinski definition) is 2. The summed E-state index contributed by atoms with van der Waals surface area (Å²) in [6, 6.07) is 11.5. The van der Waals surface area contributed by atoms with Gasteiger partial charge in [0, 0.05) is 6.54 Å². The van der Waals surface area contributed by atoms with Crippen molar-refractivity contribution in [2.45, 2.75) is 25.9 Å². The van der Waals surface area contributed by atoms with Crippen molar-refractivity contribution in [2.24, 2.45) is 0 Å². The Kier molecular flexibility index (Phi) is 5.65. The van der Waals surface area contributed by atoms with Crippen LogP contribution in [0, 0.1) is 0 Å². The molecular formula is C16H21NO3. The summed E-state index contributed by atoms with van der Waals surface area (Å²) >= 11 is 0. The largest absolute Gasteiger partial charge is 0.494 e. The highest BCUT2D eigenvalue weighted by Crippen LogP contribution is 2.16. The first kappa shape index (κ1) is 14.6. The Morgan fingerprint density at radius 2 is 2.20 bits per heavy atom. The summed E-state index contributed by atoms with van der Waals surface area (Å²) in [7, 11) is 0. The molecule has 0 aliphatic rings. The lowest BCUT2D eigenvalue weighted by Crippen LogP contribution is -2.23. The van der Waals surface area contributed by atoms with Gasteiger partial charge in [-0.25, -0.2) is 0 Å². The van der Waals surface area contributed by atoms with Crippen LogP contribution in [0.15, 0.2) is 47.1 Å².